The van der Waals surface area contributed by atoms with Gasteiger partial charge < -0.3 is 10.2 Å². The van der Waals surface area contributed by atoms with E-state index < -0.39 is 0 Å². The summed E-state index contributed by atoms with van der Waals surface area (Å²) in [6, 6.07) is 28.8. The monoisotopic (exact) mass is 392 g/mol. The second-order valence-corrected chi connectivity index (χ2v) is 8.05. The summed E-state index contributed by atoms with van der Waals surface area (Å²) >= 11 is 0. The zero-order valence-electron chi connectivity index (χ0n) is 16.8. The van der Waals surface area contributed by atoms with Crippen LogP contribution in [0.15, 0.2) is 84.9 Å². The Balaban J connectivity index is 1.68. The van der Waals surface area contributed by atoms with Crippen LogP contribution in [0.1, 0.15) is 22.3 Å². The van der Waals surface area contributed by atoms with Crippen molar-refractivity contribution < 1.29 is 10.2 Å². The molecule has 2 N–H and O–H groups in total. The zero-order chi connectivity index (χ0) is 20.5. The lowest BCUT2D eigenvalue weighted by molar-refractivity contribution is 0.473. The summed E-state index contributed by atoms with van der Waals surface area (Å²) in [5.74, 6) is 0.548. The summed E-state index contributed by atoms with van der Waals surface area (Å²) in [7, 11) is 0. The van der Waals surface area contributed by atoms with Crippen LogP contribution in [0.2, 0.25) is 0 Å². The van der Waals surface area contributed by atoms with Crippen LogP contribution in [0.3, 0.4) is 0 Å². The first-order valence-electron chi connectivity index (χ1n) is 10.5. The van der Waals surface area contributed by atoms with Gasteiger partial charge in [0.1, 0.15) is 11.5 Å². The topological polar surface area (TPSA) is 40.5 Å². The van der Waals surface area contributed by atoms with Gasteiger partial charge in [0.25, 0.3) is 0 Å². The molecule has 2 heteroatoms. The molecule has 4 aromatic rings. The molecule has 0 saturated carbocycles. The van der Waals surface area contributed by atoms with E-state index in [1.54, 1.807) is 6.07 Å². The number of hydrogen-bond acceptors (Lipinski definition) is 2. The lowest BCUT2D eigenvalue weighted by Gasteiger charge is -2.14. The summed E-state index contributed by atoms with van der Waals surface area (Å²) in [6.07, 6.45) is 3.44. The fraction of sp³-hybridized carbons (Fsp3) is 0.143. The second kappa shape index (κ2) is 7.72. The molecule has 0 aromatic heterocycles. The Morgan fingerprint density at radius 2 is 1.27 bits per heavy atom. The van der Waals surface area contributed by atoms with Gasteiger partial charge in [0.2, 0.25) is 0 Å². The van der Waals surface area contributed by atoms with E-state index in [4.69, 9.17) is 0 Å². The summed E-state index contributed by atoms with van der Waals surface area (Å²) < 4.78 is 0. The van der Waals surface area contributed by atoms with E-state index in [-0.39, 0.29) is 5.75 Å². The molecule has 0 amide bonds. The zero-order valence-corrected chi connectivity index (χ0v) is 16.8. The minimum Gasteiger partial charge on any atom is -0.508 e. The highest BCUT2D eigenvalue weighted by atomic mass is 16.3. The Hall–Kier alpha value is -3.52. The third kappa shape index (κ3) is 3.57. The van der Waals surface area contributed by atoms with Crippen LogP contribution in [-0.2, 0) is 25.7 Å². The standard InChI is InChI=1S/C28H24O2/c29-24-13-15-26-23(18-24)12-11-21-5-1-2-7-25(21)22-6-3-4-19(16-22)8-9-20-10-14-27(26)28(30)17-20/h1-7,10,13-18,29-30H,8-9,11-12H2. The maximum atomic E-state index is 10.8. The van der Waals surface area contributed by atoms with Gasteiger partial charge in [0.05, 0.1) is 0 Å². The molecule has 2 aliphatic carbocycles. The number of benzene rings is 4. The first-order valence-corrected chi connectivity index (χ1v) is 10.5. The highest BCUT2D eigenvalue weighted by Gasteiger charge is 2.14. The third-order valence-corrected chi connectivity index (χ3v) is 6.06. The van der Waals surface area contributed by atoms with E-state index in [1.807, 2.05) is 24.3 Å². The number of rotatable bonds is 0. The number of aromatic hydroxyl groups is 2. The summed E-state index contributed by atoms with van der Waals surface area (Å²) in [5.41, 5.74) is 9.05. The number of fused-ring (bicyclic) bond motifs is 4. The van der Waals surface area contributed by atoms with Gasteiger partial charge in [0, 0.05) is 5.56 Å². The van der Waals surface area contributed by atoms with E-state index in [0.717, 1.165) is 47.9 Å². The largest absolute Gasteiger partial charge is 0.508 e. The van der Waals surface area contributed by atoms with Gasteiger partial charge in [0.15, 0.2) is 0 Å². The van der Waals surface area contributed by atoms with E-state index in [2.05, 4.69) is 54.6 Å². The van der Waals surface area contributed by atoms with Gasteiger partial charge in [-0.15, -0.1) is 0 Å². The van der Waals surface area contributed by atoms with Crippen molar-refractivity contribution in [2.45, 2.75) is 25.7 Å². The van der Waals surface area contributed by atoms with Crippen molar-refractivity contribution >= 4 is 0 Å². The molecule has 0 fully saturated rings. The Kier molecular flexibility index (Phi) is 4.76. The quantitative estimate of drug-likeness (QED) is 0.368. The maximum Gasteiger partial charge on any atom is 0.123 e. The van der Waals surface area contributed by atoms with Crippen molar-refractivity contribution in [3.05, 3.63) is 107 Å². The molecule has 0 radical (unpaired) electrons. The Morgan fingerprint density at radius 3 is 2.13 bits per heavy atom. The van der Waals surface area contributed by atoms with Crippen LogP contribution in [0.4, 0.5) is 0 Å². The van der Waals surface area contributed by atoms with Crippen LogP contribution < -0.4 is 0 Å². The highest BCUT2D eigenvalue weighted by Crippen LogP contribution is 2.36. The molecule has 4 aromatic carbocycles. The van der Waals surface area contributed by atoms with E-state index in [1.165, 1.54) is 22.3 Å². The molecule has 0 unspecified atom stereocenters. The summed E-state index contributed by atoms with van der Waals surface area (Å²) in [4.78, 5) is 0. The highest BCUT2D eigenvalue weighted by molar-refractivity contribution is 5.75. The lowest BCUT2D eigenvalue weighted by atomic mass is 9.91. The van der Waals surface area contributed by atoms with E-state index in [9.17, 15) is 10.2 Å². The van der Waals surface area contributed by atoms with Crippen LogP contribution in [0, 0.1) is 0 Å². The normalized spacial score (nSPS) is 13.1. The number of phenolic OH excluding ortho intramolecular Hbond substituents is 2. The van der Waals surface area contributed by atoms with Gasteiger partial charge in [-0.25, -0.2) is 0 Å². The van der Waals surface area contributed by atoms with Gasteiger partial charge in [-0.3, -0.25) is 0 Å². The fourth-order valence-electron chi connectivity index (χ4n) is 4.48. The molecule has 4 bridgehead atoms. The van der Waals surface area contributed by atoms with Crippen molar-refractivity contribution in [2.75, 3.05) is 0 Å². The van der Waals surface area contributed by atoms with Gasteiger partial charge in [-0.2, -0.15) is 0 Å². The van der Waals surface area contributed by atoms with E-state index in [0.29, 0.717) is 5.75 Å². The Bertz CT molecular complexity index is 1220. The first-order chi connectivity index (χ1) is 14.7. The van der Waals surface area contributed by atoms with Crippen LogP contribution in [0.25, 0.3) is 22.3 Å². The molecule has 30 heavy (non-hydrogen) atoms. The summed E-state index contributed by atoms with van der Waals surface area (Å²) in [6.45, 7) is 0. The molecule has 2 nitrogen and oxygen atoms in total. The molecule has 2 aliphatic rings. The molecular formula is C28H24O2. The first kappa shape index (κ1) is 18.5. The van der Waals surface area contributed by atoms with Crippen molar-refractivity contribution in [3.8, 4) is 33.8 Å². The van der Waals surface area contributed by atoms with Gasteiger partial charge in [-0.1, -0.05) is 66.7 Å². The smallest absolute Gasteiger partial charge is 0.123 e. The Labute approximate surface area is 177 Å². The van der Waals surface area contributed by atoms with Crippen molar-refractivity contribution in [1.82, 2.24) is 0 Å². The third-order valence-electron chi connectivity index (χ3n) is 6.06. The fourth-order valence-corrected chi connectivity index (χ4v) is 4.48. The molecule has 0 heterocycles. The number of hydrogen-bond donors (Lipinski definition) is 2. The SMILES string of the molecule is Oc1ccc2c(c1)CCc1ccccc1-c1cccc(c1)CCc1ccc-2c(O)c1. The second-order valence-electron chi connectivity index (χ2n) is 8.05. The van der Waals surface area contributed by atoms with E-state index >= 15 is 0 Å². The molecule has 148 valence electrons. The van der Waals surface area contributed by atoms with Crippen LogP contribution >= 0.6 is 0 Å². The molecule has 0 atom stereocenters. The van der Waals surface area contributed by atoms with Crippen LogP contribution in [-0.4, -0.2) is 10.2 Å². The van der Waals surface area contributed by atoms with Crippen LogP contribution in [0.5, 0.6) is 11.5 Å². The van der Waals surface area contributed by atoms with Crippen molar-refractivity contribution in [2.24, 2.45) is 0 Å². The number of aryl methyl sites for hydroxylation is 4. The predicted octanol–water partition coefficient (Wildman–Crippen LogP) is 6.32. The minimum absolute atomic E-state index is 0.253. The molecule has 6 rings (SSSR count). The minimum atomic E-state index is 0.253. The molecule has 0 aliphatic heterocycles. The lowest BCUT2D eigenvalue weighted by Crippen LogP contribution is -1.97. The van der Waals surface area contributed by atoms with Crippen molar-refractivity contribution in [1.29, 1.82) is 0 Å². The Morgan fingerprint density at radius 1 is 0.500 bits per heavy atom. The van der Waals surface area contributed by atoms with Gasteiger partial charge >= 0.3 is 0 Å². The summed E-state index contributed by atoms with van der Waals surface area (Å²) in [5, 5.41) is 20.9. The molecule has 0 spiro atoms. The predicted molar refractivity (Wildman–Crippen MR) is 122 cm³/mol. The number of phenols is 2. The molecule has 0 saturated heterocycles. The molecular weight excluding hydrogens is 368 g/mol. The maximum absolute atomic E-state index is 10.8. The van der Waals surface area contributed by atoms with Crippen molar-refractivity contribution in [3.63, 3.8) is 0 Å². The van der Waals surface area contributed by atoms with Gasteiger partial charge in [-0.05, 0) is 82.8 Å². The average molecular weight is 392 g/mol. The average Bonchev–Trinajstić information content (AvgIpc) is 2.77.